The summed E-state index contributed by atoms with van der Waals surface area (Å²) in [6.07, 6.45) is -0.993. The van der Waals surface area contributed by atoms with Crippen LogP contribution in [0.4, 0.5) is 0 Å². The Balaban J connectivity index is 1.87. The summed E-state index contributed by atoms with van der Waals surface area (Å²) in [6.45, 7) is 1.76. The van der Waals surface area contributed by atoms with E-state index in [1.807, 2.05) is 12.1 Å². The van der Waals surface area contributed by atoms with Crippen LogP contribution in [0.3, 0.4) is 0 Å². The smallest absolute Gasteiger partial charge is 0.360 e. The molecule has 0 bridgehead atoms. The van der Waals surface area contributed by atoms with Crippen LogP contribution in [0.25, 0.3) is 0 Å². The summed E-state index contributed by atoms with van der Waals surface area (Å²) in [4.78, 5) is 23.9. The lowest BCUT2D eigenvalue weighted by molar-refractivity contribution is -0.129. The summed E-state index contributed by atoms with van der Waals surface area (Å²) in [5.41, 5.74) is 0.790. The van der Waals surface area contributed by atoms with Crippen molar-refractivity contribution in [1.29, 1.82) is 0 Å². The highest BCUT2D eigenvalue weighted by Crippen LogP contribution is 2.29. The molecule has 0 fully saturated rings. The quantitative estimate of drug-likeness (QED) is 0.767. The zero-order chi connectivity index (χ0) is 17.7. The van der Waals surface area contributed by atoms with Crippen LogP contribution < -0.4 is 10.1 Å². The third-order valence-corrected chi connectivity index (χ3v) is 4.68. The molecule has 6 nitrogen and oxygen atoms in total. The SMILES string of the molecule is COc1ccc(CNC(=O)C(C)OC(=O)c2nsc(Cl)c2Cl)cc1. The van der Waals surface area contributed by atoms with E-state index in [2.05, 4.69) is 9.69 Å². The van der Waals surface area contributed by atoms with Crippen molar-refractivity contribution in [3.8, 4) is 5.75 Å². The van der Waals surface area contributed by atoms with E-state index in [1.54, 1.807) is 19.2 Å². The van der Waals surface area contributed by atoms with Gasteiger partial charge in [0.15, 0.2) is 11.8 Å². The Bertz CT molecular complexity index is 734. The van der Waals surface area contributed by atoms with Gasteiger partial charge in [-0.25, -0.2) is 4.79 Å². The van der Waals surface area contributed by atoms with Crippen LogP contribution in [-0.4, -0.2) is 29.5 Å². The Kier molecular flexibility index (Phi) is 6.42. The molecule has 9 heteroatoms. The van der Waals surface area contributed by atoms with Crippen molar-refractivity contribution in [2.45, 2.75) is 19.6 Å². The van der Waals surface area contributed by atoms with E-state index in [9.17, 15) is 9.59 Å². The fourth-order valence-corrected chi connectivity index (χ4v) is 2.71. The zero-order valence-electron chi connectivity index (χ0n) is 12.8. The molecular formula is C15H14Cl2N2O4S. The molecule has 1 atom stereocenters. The van der Waals surface area contributed by atoms with Crippen molar-refractivity contribution in [3.05, 3.63) is 44.9 Å². The number of benzene rings is 1. The molecule has 24 heavy (non-hydrogen) atoms. The summed E-state index contributed by atoms with van der Waals surface area (Å²) in [7, 11) is 1.58. The van der Waals surface area contributed by atoms with E-state index in [1.165, 1.54) is 6.92 Å². The Morgan fingerprint density at radius 3 is 2.50 bits per heavy atom. The van der Waals surface area contributed by atoms with Crippen molar-refractivity contribution in [2.24, 2.45) is 0 Å². The number of esters is 1. The summed E-state index contributed by atoms with van der Waals surface area (Å²) < 4.78 is 14.1. The number of carbonyl (C=O) groups excluding carboxylic acids is 2. The van der Waals surface area contributed by atoms with Crippen molar-refractivity contribution >= 4 is 46.6 Å². The first-order chi connectivity index (χ1) is 11.4. The standard InChI is InChI=1S/C15H14Cl2N2O4S/c1-8(23-15(21)12-11(16)13(17)24-19-12)14(20)18-7-9-3-5-10(22-2)6-4-9/h3-6,8H,7H2,1-2H3,(H,18,20). The summed E-state index contributed by atoms with van der Waals surface area (Å²) >= 11 is 12.5. The summed E-state index contributed by atoms with van der Waals surface area (Å²) in [5.74, 6) is -0.502. The zero-order valence-corrected chi connectivity index (χ0v) is 15.2. The molecule has 128 valence electrons. The molecule has 1 N–H and O–H groups in total. The number of carbonyl (C=O) groups is 2. The Morgan fingerprint density at radius 2 is 1.96 bits per heavy atom. The van der Waals surface area contributed by atoms with Gasteiger partial charge in [0.1, 0.15) is 15.1 Å². The average molecular weight is 389 g/mol. The molecule has 0 aliphatic heterocycles. The van der Waals surface area contributed by atoms with Crippen molar-refractivity contribution in [1.82, 2.24) is 9.69 Å². The number of aromatic nitrogens is 1. The van der Waals surface area contributed by atoms with Gasteiger partial charge in [0, 0.05) is 6.54 Å². The highest BCUT2D eigenvalue weighted by atomic mass is 35.5. The topological polar surface area (TPSA) is 77.5 Å². The maximum absolute atomic E-state index is 12.0. The Labute approximate surface area is 152 Å². The molecule has 1 aromatic heterocycles. The van der Waals surface area contributed by atoms with Gasteiger partial charge in [0.25, 0.3) is 5.91 Å². The Morgan fingerprint density at radius 1 is 1.29 bits per heavy atom. The minimum absolute atomic E-state index is 0.0255. The number of nitrogens with one attached hydrogen (secondary N) is 1. The number of hydrogen-bond donors (Lipinski definition) is 1. The molecular weight excluding hydrogens is 375 g/mol. The van der Waals surface area contributed by atoms with Crippen LogP contribution in [0.2, 0.25) is 9.36 Å². The Hall–Kier alpha value is -1.83. The number of halogens is 2. The van der Waals surface area contributed by atoms with E-state index < -0.39 is 18.0 Å². The summed E-state index contributed by atoms with van der Waals surface area (Å²) in [5, 5.41) is 2.70. The van der Waals surface area contributed by atoms with E-state index in [0.29, 0.717) is 6.54 Å². The average Bonchev–Trinajstić information content (AvgIpc) is 2.92. The molecule has 1 aromatic carbocycles. The molecule has 0 aliphatic rings. The van der Waals surface area contributed by atoms with Crippen molar-refractivity contribution < 1.29 is 19.1 Å². The second-order valence-electron chi connectivity index (χ2n) is 4.73. The first-order valence-electron chi connectivity index (χ1n) is 6.84. The van der Waals surface area contributed by atoms with Gasteiger partial charge in [-0.2, -0.15) is 4.37 Å². The van der Waals surface area contributed by atoms with E-state index in [4.69, 9.17) is 32.7 Å². The van der Waals surface area contributed by atoms with Crippen LogP contribution >= 0.6 is 34.7 Å². The van der Waals surface area contributed by atoms with E-state index in [-0.39, 0.29) is 15.1 Å². The van der Waals surface area contributed by atoms with Gasteiger partial charge < -0.3 is 14.8 Å². The van der Waals surface area contributed by atoms with Crippen LogP contribution in [0.5, 0.6) is 5.75 Å². The van der Waals surface area contributed by atoms with Gasteiger partial charge >= 0.3 is 5.97 Å². The molecule has 0 saturated carbocycles. The minimum Gasteiger partial charge on any atom is -0.497 e. The highest BCUT2D eigenvalue weighted by molar-refractivity contribution is 7.11. The van der Waals surface area contributed by atoms with Gasteiger partial charge in [0.05, 0.1) is 7.11 Å². The normalized spacial score (nSPS) is 11.7. The molecule has 1 unspecified atom stereocenters. The van der Waals surface area contributed by atoms with Crippen molar-refractivity contribution in [3.63, 3.8) is 0 Å². The fraction of sp³-hybridized carbons (Fsp3) is 0.267. The van der Waals surface area contributed by atoms with Crippen LogP contribution in [0.1, 0.15) is 23.0 Å². The number of nitrogens with zero attached hydrogens (tertiary/aromatic N) is 1. The minimum atomic E-state index is -0.993. The van der Waals surface area contributed by atoms with Gasteiger partial charge in [0.2, 0.25) is 0 Å². The second kappa shape index (κ2) is 8.32. The highest BCUT2D eigenvalue weighted by Gasteiger charge is 2.24. The van der Waals surface area contributed by atoms with Gasteiger partial charge in [-0.05, 0) is 36.2 Å². The molecule has 1 heterocycles. The lowest BCUT2D eigenvalue weighted by Crippen LogP contribution is -2.35. The number of hydrogen-bond acceptors (Lipinski definition) is 6. The monoisotopic (exact) mass is 388 g/mol. The predicted octanol–water partition coefficient (Wildman–Crippen LogP) is 3.32. The first kappa shape index (κ1) is 18.5. The largest absolute Gasteiger partial charge is 0.497 e. The van der Waals surface area contributed by atoms with E-state index in [0.717, 1.165) is 22.8 Å². The maximum atomic E-state index is 12.0. The number of ether oxygens (including phenoxy) is 2. The number of amides is 1. The third-order valence-electron chi connectivity index (χ3n) is 3.07. The van der Waals surface area contributed by atoms with Gasteiger partial charge in [-0.15, -0.1) is 0 Å². The molecule has 2 rings (SSSR count). The van der Waals surface area contributed by atoms with Crippen LogP contribution in [0.15, 0.2) is 24.3 Å². The lowest BCUT2D eigenvalue weighted by atomic mass is 10.2. The summed E-state index contributed by atoms with van der Waals surface area (Å²) in [6, 6.07) is 7.23. The lowest BCUT2D eigenvalue weighted by Gasteiger charge is -2.13. The van der Waals surface area contributed by atoms with Crippen molar-refractivity contribution in [2.75, 3.05) is 7.11 Å². The molecule has 0 aliphatic carbocycles. The van der Waals surface area contributed by atoms with Crippen LogP contribution in [0, 0.1) is 0 Å². The number of rotatable bonds is 6. The van der Waals surface area contributed by atoms with E-state index >= 15 is 0 Å². The number of methoxy groups -OCH3 is 1. The molecule has 1 amide bonds. The first-order valence-corrected chi connectivity index (χ1v) is 8.37. The molecule has 0 spiro atoms. The van der Waals surface area contributed by atoms with Gasteiger partial charge in [-0.1, -0.05) is 35.3 Å². The second-order valence-corrected chi connectivity index (χ2v) is 6.49. The predicted molar refractivity (Wildman–Crippen MR) is 91.9 cm³/mol. The van der Waals surface area contributed by atoms with Gasteiger partial charge in [-0.3, -0.25) is 4.79 Å². The molecule has 0 saturated heterocycles. The van der Waals surface area contributed by atoms with Crippen LogP contribution in [-0.2, 0) is 16.1 Å². The fourth-order valence-electron chi connectivity index (χ4n) is 1.73. The molecule has 0 radical (unpaired) electrons. The third kappa shape index (κ3) is 4.59. The molecule has 2 aromatic rings. The maximum Gasteiger partial charge on any atom is 0.360 e.